The Morgan fingerprint density at radius 2 is 1.86 bits per heavy atom. The van der Waals surface area contributed by atoms with Crippen molar-refractivity contribution in [3.8, 4) is 11.5 Å². The molecule has 1 amide bonds. The second kappa shape index (κ2) is 10.0. The van der Waals surface area contributed by atoms with Gasteiger partial charge in [-0.05, 0) is 55.2 Å². The first-order valence-electron chi connectivity index (χ1n) is 9.68. The number of aromatic nitrogens is 2. The van der Waals surface area contributed by atoms with Crippen molar-refractivity contribution in [2.24, 2.45) is 0 Å². The average molecular weight is 412 g/mol. The SMILES string of the molecule is CCOc1cccc(C(=O)Nc2nnc(COc3ccc([C@H](C)CC)cc3)s2)c1. The predicted octanol–water partition coefficient (Wildman–Crippen LogP) is 5.28. The number of anilines is 1. The molecule has 0 spiro atoms. The molecule has 0 bridgehead atoms. The quantitative estimate of drug-likeness (QED) is 0.518. The maximum absolute atomic E-state index is 12.4. The largest absolute Gasteiger partial charge is 0.494 e. The number of hydrogen-bond acceptors (Lipinski definition) is 6. The van der Waals surface area contributed by atoms with E-state index >= 15 is 0 Å². The zero-order chi connectivity index (χ0) is 20.6. The monoisotopic (exact) mass is 411 g/mol. The number of carbonyl (C=O) groups is 1. The normalized spacial score (nSPS) is 11.7. The van der Waals surface area contributed by atoms with Crippen LogP contribution in [0.4, 0.5) is 5.13 Å². The summed E-state index contributed by atoms with van der Waals surface area (Å²) in [5, 5.41) is 12.0. The highest BCUT2D eigenvalue weighted by atomic mass is 32.1. The lowest BCUT2D eigenvalue weighted by Crippen LogP contribution is -2.11. The summed E-state index contributed by atoms with van der Waals surface area (Å²) >= 11 is 1.29. The molecule has 0 saturated heterocycles. The number of rotatable bonds is 9. The van der Waals surface area contributed by atoms with Crippen LogP contribution < -0.4 is 14.8 Å². The minimum atomic E-state index is -0.254. The van der Waals surface area contributed by atoms with E-state index in [0.717, 1.165) is 12.2 Å². The first-order valence-corrected chi connectivity index (χ1v) is 10.5. The number of carbonyl (C=O) groups excluding carboxylic acids is 1. The topological polar surface area (TPSA) is 73.3 Å². The number of nitrogens with one attached hydrogen (secondary N) is 1. The van der Waals surface area contributed by atoms with Crippen LogP contribution in [0, 0.1) is 0 Å². The zero-order valence-corrected chi connectivity index (χ0v) is 17.7. The summed E-state index contributed by atoms with van der Waals surface area (Å²) in [5.41, 5.74) is 1.81. The van der Waals surface area contributed by atoms with Crippen LogP contribution in [0.25, 0.3) is 0 Å². The summed E-state index contributed by atoms with van der Waals surface area (Å²) in [6.45, 7) is 7.13. The van der Waals surface area contributed by atoms with Gasteiger partial charge in [0.25, 0.3) is 5.91 Å². The second-order valence-electron chi connectivity index (χ2n) is 6.58. The van der Waals surface area contributed by atoms with Gasteiger partial charge < -0.3 is 9.47 Å². The molecule has 6 nitrogen and oxygen atoms in total. The van der Waals surface area contributed by atoms with Crippen LogP contribution in [-0.4, -0.2) is 22.7 Å². The van der Waals surface area contributed by atoms with Crippen LogP contribution in [0.2, 0.25) is 0 Å². The summed E-state index contributed by atoms with van der Waals surface area (Å²) in [6.07, 6.45) is 1.11. The molecular weight excluding hydrogens is 386 g/mol. The van der Waals surface area contributed by atoms with Crippen molar-refractivity contribution in [2.75, 3.05) is 11.9 Å². The highest BCUT2D eigenvalue weighted by Gasteiger charge is 2.12. The van der Waals surface area contributed by atoms with Crippen molar-refractivity contribution in [2.45, 2.75) is 39.7 Å². The van der Waals surface area contributed by atoms with Crippen molar-refractivity contribution in [3.05, 3.63) is 64.7 Å². The van der Waals surface area contributed by atoms with Gasteiger partial charge in [-0.3, -0.25) is 10.1 Å². The van der Waals surface area contributed by atoms with Crippen molar-refractivity contribution in [1.29, 1.82) is 0 Å². The Morgan fingerprint density at radius 1 is 1.07 bits per heavy atom. The van der Waals surface area contributed by atoms with Crippen LogP contribution in [0.15, 0.2) is 48.5 Å². The Balaban J connectivity index is 1.55. The molecule has 0 saturated carbocycles. The average Bonchev–Trinajstić information content (AvgIpc) is 3.20. The molecule has 1 aromatic heterocycles. The fourth-order valence-corrected chi connectivity index (χ4v) is 3.35. The lowest BCUT2D eigenvalue weighted by atomic mass is 9.99. The van der Waals surface area contributed by atoms with Crippen LogP contribution >= 0.6 is 11.3 Å². The van der Waals surface area contributed by atoms with E-state index in [1.165, 1.54) is 16.9 Å². The van der Waals surface area contributed by atoms with Gasteiger partial charge in [-0.15, -0.1) is 10.2 Å². The zero-order valence-electron chi connectivity index (χ0n) is 16.8. The van der Waals surface area contributed by atoms with Crippen molar-refractivity contribution < 1.29 is 14.3 Å². The Labute approximate surface area is 174 Å². The number of nitrogens with zero attached hydrogens (tertiary/aromatic N) is 2. The molecular formula is C22H25N3O3S. The van der Waals surface area contributed by atoms with Crippen LogP contribution in [0.5, 0.6) is 11.5 Å². The van der Waals surface area contributed by atoms with Crippen molar-refractivity contribution in [3.63, 3.8) is 0 Å². The lowest BCUT2D eigenvalue weighted by molar-refractivity contribution is 0.102. The van der Waals surface area contributed by atoms with E-state index in [4.69, 9.17) is 9.47 Å². The van der Waals surface area contributed by atoms with Gasteiger partial charge in [-0.25, -0.2) is 0 Å². The summed E-state index contributed by atoms with van der Waals surface area (Å²) in [4.78, 5) is 12.4. The Kier molecular flexibility index (Phi) is 7.19. The summed E-state index contributed by atoms with van der Waals surface area (Å²) in [7, 11) is 0. The lowest BCUT2D eigenvalue weighted by Gasteiger charge is -2.10. The molecule has 1 heterocycles. The van der Waals surface area contributed by atoms with E-state index < -0.39 is 0 Å². The maximum atomic E-state index is 12.4. The molecule has 0 aliphatic rings. The Bertz CT molecular complexity index is 940. The first kappa shape index (κ1) is 20.8. The number of ether oxygens (including phenoxy) is 2. The van der Waals surface area contributed by atoms with Gasteiger partial charge in [0.15, 0.2) is 5.01 Å². The van der Waals surface area contributed by atoms with Gasteiger partial charge in [0.2, 0.25) is 5.13 Å². The minimum absolute atomic E-state index is 0.254. The van der Waals surface area contributed by atoms with E-state index in [9.17, 15) is 4.79 Å². The number of amides is 1. The van der Waals surface area contributed by atoms with Gasteiger partial charge >= 0.3 is 0 Å². The van der Waals surface area contributed by atoms with Crippen LogP contribution in [-0.2, 0) is 6.61 Å². The van der Waals surface area contributed by atoms with Gasteiger partial charge in [0.05, 0.1) is 6.61 Å². The Hall–Kier alpha value is -2.93. The van der Waals surface area contributed by atoms with Gasteiger partial charge in [0.1, 0.15) is 18.1 Å². The van der Waals surface area contributed by atoms with Gasteiger partial charge in [0, 0.05) is 5.56 Å². The predicted molar refractivity (Wildman–Crippen MR) is 115 cm³/mol. The highest BCUT2D eigenvalue weighted by molar-refractivity contribution is 7.15. The molecule has 1 N–H and O–H groups in total. The molecule has 0 unspecified atom stereocenters. The third-order valence-electron chi connectivity index (χ3n) is 4.52. The number of hydrogen-bond donors (Lipinski definition) is 1. The molecule has 1 atom stereocenters. The molecule has 3 rings (SSSR count). The highest BCUT2D eigenvalue weighted by Crippen LogP contribution is 2.23. The molecule has 152 valence electrons. The molecule has 29 heavy (non-hydrogen) atoms. The van der Waals surface area contributed by atoms with Crippen LogP contribution in [0.3, 0.4) is 0 Å². The smallest absolute Gasteiger partial charge is 0.257 e. The molecule has 0 fully saturated rings. The van der Waals surface area contributed by atoms with E-state index in [2.05, 4.69) is 41.5 Å². The van der Waals surface area contributed by atoms with Crippen molar-refractivity contribution >= 4 is 22.4 Å². The number of benzene rings is 2. The van der Waals surface area contributed by atoms with Crippen LogP contribution in [0.1, 0.15) is 54.0 Å². The van der Waals surface area contributed by atoms with E-state index in [1.807, 2.05) is 25.1 Å². The Morgan fingerprint density at radius 3 is 2.59 bits per heavy atom. The fraction of sp³-hybridized carbons (Fsp3) is 0.318. The molecule has 0 radical (unpaired) electrons. The van der Waals surface area contributed by atoms with E-state index in [1.54, 1.807) is 18.2 Å². The molecule has 3 aromatic rings. The standard InChI is InChI=1S/C22H25N3O3S/c1-4-15(3)16-9-11-18(12-10-16)28-14-20-24-25-22(29-20)23-21(26)17-7-6-8-19(13-17)27-5-2/h6-13,15H,4-5,14H2,1-3H3,(H,23,25,26)/t15-/m1/s1. The molecule has 0 aliphatic carbocycles. The first-order chi connectivity index (χ1) is 14.1. The third kappa shape index (κ3) is 5.77. The van der Waals surface area contributed by atoms with Gasteiger partial charge in [-0.2, -0.15) is 0 Å². The summed E-state index contributed by atoms with van der Waals surface area (Å²) < 4.78 is 11.2. The van der Waals surface area contributed by atoms with Crippen molar-refractivity contribution in [1.82, 2.24) is 10.2 Å². The molecule has 0 aliphatic heterocycles. The maximum Gasteiger partial charge on any atom is 0.257 e. The second-order valence-corrected chi connectivity index (χ2v) is 7.65. The summed E-state index contributed by atoms with van der Waals surface area (Å²) in [5.74, 6) is 1.72. The van der Waals surface area contributed by atoms with E-state index in [0.29, 0.717) is 40.6 Å². The van der Waals surface area contributed by atoms with E-state index in [-0.39, 0.29) is 5.91 Å². The van der Waals surface area contributed by atoms with Gasteiger partial charge in [-0.1, -0.05) is 43.4 Å². The minimum Gasteiger partial charge on any atom is -0.494 e. The summed E-state index contributed by atoms with van der Waals surface area (Å²) in [6, 6.07) is 15.1. The fourth-order valence-electron chi connectivity index (χ4n) is 2.70. The third-order valence-corrected chi connectivity index (χ3v) is 5.33. The molecule has 2 aromatic carbocycles. The molecule has 7 heteroatoms.